The standard InChI is InChI=1S/C17H17F3N2O/c1-23-13-6-2-5-12(11-13)14-7-4-10-22(14)16-9-3-8-15(21-16)17(18,19)20/h2-3,5-6,8-9,11,14H,4,7,10H2,1H3. The lowest BCUT2D eigenvalue weighted by atomic mass is 10.0. The van der Waals surface area contributed by atoms with Crippen LogP contribution < -0.4 is 9.64 Å². The molecule has 0 spiro atoms. The van der Waals surface area contributed by atoms with Gasteiger partial charge >= 0.3 is 6.18 Å². The summed E-state index contributed by atoms with van der Waals surface area (Å²) in [6.07, 6.45) is -2.63. The van der Waals surface area contributed by atoms with Crippen molar-refractivity contribution < 1.29 is 17.9 Å². The molecule has 6 heteroatoms. The number of nitrogens with zero attached hydrogens (tertiary/aromatic N) is 2. The van der Waals surface area contributed by atoms with E-state index in [1.807, 2.05) is 29.2 Å². The van der Waals surface area contributed by atoms with E-state index in [0.29, 0.717) is 12.4 Å². The highest BCUT2D eigenvalue weighted by atomic mass is 19.4. The molecule has 0 aliphatic carbocycles. The topological polar surface area (TPSA) is 25.4 Å². The van der Waals surface area contributed by atoms with Gasteiger partial charge in [0.15, 0.2) is 0 Å². The highest BCUT2D eigenvalue weighted by Gasteiger charge is 2.34. The Hall–Kier alpha value is -2.24. The lowest BCUT2D eigenvalue weighted by molar-refractivity contribution is -0.141. The fourth-order valence-electron chi connectivity index (χ4n) is 2.98. The van der Waals surface area contributed by atoms with Gasteiger partial charge in [-0.15, -0.1) is 0 Å². The largest absolute Gasteiger partial charge is 0.497 e. The van der Waals surface area contributed by atoms with Crippen molar-refractivity contribution in [3.8, 4) is 5.75 Å². The van der Waals surface area contributed by atoms with E-state index in [9.17, 15) is 13.2 Å². The Bertz CT molecular complexity index is 688. The van der Waals surface area contributed by atoms with E-state index in [4.69, 9.17) is 4.74 Å². The summed E-state index contributed by atoms with van der Waals surface area (Å²) in [4.78, 5) is 5.75. The zero-order valence-corrected chi connectivity index (χ0v) is 12.7. The highest BCUT2D eigenvalue weighted by Crippen LogP contribution is 2.37. The first-order valence-corrected chi connectivity index (χ1v) is 7.44. The molecule has 1 aliphatic heterocycles. The van der Waals surface area contributed by atoms with E-state index < -0.39 is 11.9 Å². The molecular weight excluding hydrogens is 305 g/mol. The maximum Gasteiger partial charge on any atom is 0.433 e. The molecule has 0 N–H and O–H groups in total. The number of aromatic nitrogens is 1. The van der Waals surface area contributed by atoms with Crippen LogP contribution in [0.25, 0.3) is 0 Å². The molecule has 0 amide bonds. The maximum atomic E-state index is 12.9. The summed E-state index contributed by atoms with van der Waals surface area (Å²) < 4.78 is 43.9. The molecule has 1 aliphatic rings. The van der Waals surface area contributed by atoms with Crippen LogP contribution in [0.1, 0.15) is 30.1 Å². The summed E-state index contributed by atoms with van der Waals surface area (Å²) in [5.74, 6) is 1.11. The number of anilines is 1. The number of alkyl halides is 3. The first-order chi connectivity index (χ1) is 11.0. The van der Waals surface area contributed by atoms with Gasteiger partial charge in [0.25, 0.3) is 0 Å². The van der Waals surface area contributed by atoms with Crippen molar-refractivity contribution in [3.63, 3.8) is 0 Å². The smallest absolute Gasteiger partial charge is 0.433 e. The number of methoxy groups -OCH3 is 1. The van der Waals surface area contributed by atoms with Gasteiger partial charge in [-0.2, -0.15) is 13.2 Å². The van der Waals surface area contributed by atoms with Crippen LogP contribution in [0.2, 0.25) is 0 Å². The molecule has 3 nitrogen and oxygen atoms in total. The molecule has 0 saturated carbocycles. The fourth-order valence-corrected chi connectivity index (χ4v) is 2.98. The predicted molar refractivity (Wildman–Crippen MR) is 81.6 cm³/mol. The Kier molecular flexibility index (Phi) is 4.15. The SMILES string of the molecule is COc1cccc(C2CCCN2c2cccc(C(F)(F)F)n2)c1. The van der Waals surface area contributed by atoms with Crippen molar-refractivity contribution in [1.29, 1.82) is 0 Å². The second-order valence-corrected chi connectivity index (χ2v) is 5.51. The van der Waals surface area contributed by atoms with Gasteiger partial charge in [-0.1, -0.05) is 18.2 Å². The number of benzene rings is 1. The first-order valence-electron chi connectivity index (χ1n) is 7.44. The summed E-state index contributed by atoms with van der Waals surface area (Å²) in [5.41, 5.74) is 0.173. The van der Waals surface area contributed by atoms with Gasteiger partial charge in [-0.25, -0.2) is 4.98 Å². The number of rotatable bonds is 3. The minimum atomic E-state index is -4.43. The lowest BCUT2D eigenvalue weighted by Gasteiger charge is -2.27. The monoisotopic (exact) mass is 322 g/mol. The minimum Gasteiger partial charge on any atom is -0.497 e. The second kappa shape index (κ2) is 6.10. The summed E-state index contributed by atoms with van der Waals surface area (Å²) in [5, 5.41) is 0. The third-order valence-electron chi connectivity index (χ3n) is 4.05. The third kappa shape index (κ3) is 3.25. The number of halogens is 3. The van der Waals surface area contributed by atoms with E-state index in [1.165, 1.54) is 6.07 Å². The molecule has 1 aromatic heterocycles. The normalized spacial score (nSPS) is 18.3. The molecule has 2 aromatic rings. The van der Waals surface area contributed by atoms with E-state index in [-0.39, 0.29) is 6.04 Å². The molecule has 1 fully saturated rings. The van der Waals surface area contributed by atoms with Crippen molar-refractivity contribution >= 4 is 5.82 Å². The molecule has 0 radical (unpaired) electrons. The Morgan fingerprint density at radius 3 is 2.70 bits per heavy atom. The molecule has 1 saturated heterocycles. The van der Waals surface area contributed by atoms with Crippen molar-refractivity contribution in [3.05, 3.63) is 53.7 Å². The molecule has 1 aromatic carbocycles. The maximum absolute atomic E-state index is 12.9. The minimum absolute atomic E-state index is 0.0149. The van der Waals surface area contributed by atoms with Crippen molar-refractivity contribution in [2.45, 2.75) is 25.1 Å². The van der Waals surface area contributed by atoms with Gasteiger partial charge in [0.1, 0.15) is 17.3 Å². The van der Waals surface area contributed by atoms with Crippen LogP contribution >= 0.6 is 0 Å². The Morgan fingerprint density at radius 2 is 1.96 bits per heavy atom. The van der Waals surface area contributed by atoms with E-state index in [1.54, 1.807) is 13.2 Å². The van der Waals surface area contributed by atoms with Gasteiger partial charge in [0, 0.05) is 6.54 Å². The molecule has 2 heterocycles. The zero-order chi connectivity index (χ0) is 16.4. The molecule has 1 unspecified atom stereocenters. The van der Waals surface area contributed by atoms with Crippen LogP contribution in [-0.4, -0.2) is 18.6 Å². The van der Waals surface area contributed by atoms with Crippen molar-refractivity contribution in [1.82, 2.24) is 4.98 Å². The number of pyridine rings is 1. The van der Waals surface area contributed by atoms with Crippen LogP contribution in [0, 0.1) is 0 Å². The molecule has 122 valence electrons. The second-order valence-electron chi connectivity index (χ2n) is 5.51. The summed E-state index contributed by atoms with van der Waals surface area (Å²) >= 11 is 0. The van der Waals surface area contributed by atoms with Crippen LogP contribution in [-0.2, 0) is 6.18 Å². The number of hydrogen-bond donors (Lipinski definition) is 0. The van der Waals surface area contributed by atoms with Gasteiger partial charge in [0.2, 0.25) is 0 Å². The Labute approximate surface area is 132 Å². The number of hydrogen-bond acceptors (Lipinski definition) is 3. The van der Waals surface area contributed by atoms with Crippen LogP contribution in [0.3, 0.4) is 0 Å². The van der Waals surface area contributed by atoms with Crippen molar-refractivity contribution in [2.24, 2.45) is 0 Å². The Balaban J connectivity index is 1.92. The van der Waals surface area contributed by atoms with Crippen LogP contribution in [0.4, 0.5) is 19.0 Å². The van der Waals surface area contributed by atoms with Gasteiger partial charge in [-0.05, 0) is 42.7 Å². The fraction of sp³-hybridized carbons (Fsp3) is 0.353. The van der Waals surface area contributed by atoms with Crippen LogP contribution in [0.15, 0.2) is 42.5 Å². The molecule has 3 rings (SSSR count). The first kappa shape index (κ1) is 15.6. The van der Waals surface area contributed by atoms with Gasteiger partial charge in [-0.3, -0.25) is 0 Å². The molecule has 23 heavy (non-hydrogen) atoms. The highest BCUT2D eigenvalue weighted by molar-refractivity contribution is 5.46. The third-order valence-corrected chi connectivity index (χ3v) is 4.05. The predicted octanol–water partition coefficient (Wildman–Crippen LogP) is 4.45. The molecule has 0 bridgehead atoms. The van der Waals surface area contributed by atoms with E-state index in [0.717, 1.165) is 30.2 Å². The van der Waals surface area contributed by atoms with E-state index in [2.05, 4.69) is 4.98 Å². The molecule has 1 atom stereocenters. The summed E-state index contributed by atoms with van der Waals surface area (Å²) in [6.45, 7) is 0.691. The van der Waals surface area contributed by atoms with Gasteiger partial charge < -0.3 is 9.64 Å². The zero-order valence-electron chi connectivity index (χ0n) is 12.7. The number of ether oxygens (including phenoxy) is 1. The van der Waals surface area contributed by atoms with E-state index >= 15 is 0 Å². The van der Waals surface area contributed by atoms with Crippen molar-refractivity contribution in [2.75, 3.05) is 18.6 Å². The average molecular weight is 322 g/mol. The Morgan fingerprint density at radius 1 is 1.17 bits per heavy atom. The molecular formula is C17H17F3N2O. The van der Waals surface area contributed by atoms with Gasteiger partial charge in [0.05, 0.1) is 13.2 Å². The average Bonchev–Trinajstić information content (AvgIpc) is 3.04. The lowest BCUT2D eigenvalue weighted by Crippen LogP contribution is -2.24. The summed E-state index contributed by atoms with van der Waals surface area (Å²) in [6, 6.07) is 11.7. The summed E-state index contributed by atoms with van der Waals surface area (Å²) in [7, 11) is 1.60. The van der Waals surface area contributed by atoms with Crippen LogP contribution in [0.5, 0.6) is 5.75 Å². The quantitative estimate of drug-likeness (QED) is 0.835.